The highest BCUT2D eigenvalue weighted by Crippen LogP contribution is 2.53. The topological polar surface area (TPSA) is 12.0 Å². The Morgan fingerprint density at radius 2 is 1.82 bits per heavy atom. The molecule has 4 heteroatoms. The molecule has 1 heterocycles. The summed E-state index contributed by atoms with van der Waals surface area (Å²) in [6.07, 6.45) is 5.22. The van der Waals surface area contributed by atoms with E-state index in [0.717, 1.165) is 17.7 Å². The molecule has 0 saturated carbocycles. The van der Waals surface area contributed by atoms with Crippen LogP contribution in [0, 0.1) is 11.7 Å². The summed E-state index contributed by atoms with van der Waals surface area (Å²) in [5.74, 6) is 0.236. The van der Waals surface area contributed by atoms with Crippen molar-refractivity contribution in [3.8, 4) is 0 Å². The summed E-state index contributed by atoms with van der Waals surface area (Å²) < 4.78 is 14.3. The lowest BCUT2D eigenvalue weighted by Gasteiger charge is -2.38. The van der Waals surface area contributed by atoms with Gasteiger partial charge in [0.2, 0.25) is 0 Å². The molecule has 0 amide bonds. The first-order valence-corrected chi connectivity index (χ1v) is 8.08. The van der Waals surface area contributed by atoms with E-state index >= 15 is 0 Å². The summed E-state index contributed by atoms with van der Waals surface area (Å²) in [7, 11) is 0. The van der Waals surface area contributed by atoms with Crippen LogP contribution in [-0.2, 0) is 0 Å². The molecule has 2 aliphatic rings. The lowest BCUT2D eigenvalue weighted by Crippen LogP contribution is -2.30. The van der Waals surface area contributed by atoms with E-state index < -0.39 is 0 Å². The molecule has 0 radical (unpaired) electrons. The van der Waals surface area contributed by atoms with Gasteiger partial charge in [0.1, 0.15) is 5.82 Å². The fourth-order valence-electron chi connectivity index (χ4n) is 3.66. The minimum absolute atomic E-state index is 0.107. The Morgan fingerprint density at radius 1 is 1.05 bits per heavy atom. The van der Waals surface area contributed by atoms with E-state index in [0.29, 0.717) is 15.6 Å². The number of fused-ring (bicyclic) bond motifs is 3. The van der Waals surface area contributed by atoms with Crippen molar-refractivity contribution in [2.24, 2.45) is 5.92 Å². The van der Waals surface area contributed by atoms with E-state index in [4.69, 9.17) is 23.2 Å². The molecular formula is C18H14Cl2FN. The maximum atomic E-state index is 14.3. The van der Waals surface area contributed by atoms with Crippen LogP contribution in [0.3, 0.4) is 0 Å². The predicted molar refractivity (Wildman–Crippen MR) is 89.2 cm³/mol. The Bertz CT molecular complexity index is 772. The van der Waals surface area contributed by atoms with Crippen molar-refractivity contribution in [3.63, 3.8) is 0 Å². The van der Waals surface area contributed by atoms with Gasteiger partial charge < -0.3 is 5.32 Å². The fraction of sp³-hybridized carbons (Fsp3) is 0.222. The minimum atomic E-state index is -0.188. The van der Waals surface area contributed by atoms with Gasteiger partial charge in [-0.2, -0.15) is 0 Å². The van der Waals surface area contributed by atoms with Crippen LogP contribution in [0.4, 0.5) is 10.1 Å². The molecule has 1 N–H and O–H groups in total. The van der Waals surface area contributed by atoms with Gasteiger partial charge in [0.05, 0.1) is 16.8 Å². The van der Waals surface area contributed by atoms with Gasteiger partial charge in [-0.1, -0.05) is 53.6 Å². The maximum absolute atomic E-state index is 14.3. The van der Waals surface area contributed by atoms with Crippen LogP contribution >= 0.6 is 23.2 Å². The van der Waals surface area contributed by atoms with Crippen molar-refractivity contribution in [1.82, 2.24) is 0 Å². The molecule has 0 aromatic heterocycles. The Labute approximate surface area is 138 Å². The number of allylic oxidation sites excluding steroid dienone is 2. The normalized spacial score (nSPS) is 25.5. The van der Waals surface area contributed by atoms with Crippen LogP contribution in [0.25, 0.3) is 0 Å². The zero-order chi connectivity index (χ0) is 15.3. The highest BCUT2D eigenvalue weighted by atomic mass is 35.5. The van der Waals surface area contributed by atoms with E-state index in [-0.39, 0.29) is 23.7 Å². The molecule has 2 aromatic rings. The molecule has 1 aliphatic heterocycles. The third kappa shape index (κ3) is 2.05. The average Bonchev–Trinajstić information content (AvgIpc) is 3.00. The molecule has 0 unspecified atom stereocenters. The number of hydrogen-bond donors (Lipinski definition) is 1. The average molecular weight is 334 g/mol. The summed E-state index contributed by atoms with van der Waals surface area (Å²) in [5.41, 5.74) is 2.54. The fourth-order valence-corrected chi connectivity index (χ4v) is 4.17. The van der Waals surface area contributed by atoms with Crippen LogP contribution in [0.2, 0.25) is 10.0 Å². The first kappa shape index (κ1) is 14.1. The molecule has 0 fully saturated rings. The van der Waals surface area contributed by atoms with E-state index in [9.17, 15) is 4.39 Å². The first-order chi connectivity index (χ1) is 10.7. The quantitative estimate of drug-likeness (QED) is 0.635. The monoisotopic (exact) mass is 333 g/mol. The standard InChI is InChI=1S/C18H14Cl2FN/c19-13-8-9-14(20)18-16(13)10-5-3-6-11(10)17(22-18)12-4-1-2-7-15(12)21/h1-5,7-11,17,22H,6H2/t10-,11+,17-/m1/s1. The highest BCUT2D eigenvalue weighted by Gasteiger charge is 2.40. The molecule has 22 heavy (non-hydrogen) atoms. The van der Waals surface area contributed by atoms with Crippen molar-refractivity contribution in [3.05, 3.63) is 75.5 Å². The first-order valence-electron chi connectivity index (χ1n) is 7.32. The smallest absolute Gasteiger partial charge is 0.128 e. The number of anilines is 1. The number of nitrogens with one attached hydrogen (secondary N) is 1. The van der Waals surface area contributed by atoms with Crippen LogP contribution < -0.4 is 5.32 Å². The number of halogens is 3. The van der Waals surface area contributed by atoms with Gasteiger partial charge in [0.25, 0.3) is 0 Å². The third-order valence-electron chi connectivity index (χ3n) is 4.66. The number of rotatable bonds is 1. The largest absolute Gasteiger partial charge is 0.376 e. The SMILES string of the molecule is Fc1ccccc1[C@@H]1Nc2c(Cl)ccc(Cl)c2[C@@H]2C=CC[C@@H]21. The van der Waals surface area contributed by atoms with Gasteiger partial charge in [0.15, 0.2) is 0 Å². The Balaban J connectivity index is 1.88. The molecule has 0 saturated heterocycles. The molecule has 0 bridgehead atoms. The lowest BCUT2D eigenvalue weighted by molar-refractivity contribution is 0.413. The maximum Gasteiger partial charge on any atom is 0.128 e. The summed E-state index contributed by atoms with van der Waals surface area (Å²) in [6.45, 7) is 0. The molecule has 112 valence electrons. The minimum Gasteiger partial charge on any atom is -0.376 e. The van der Waals surface area contributed by atoms with Crippen LogP contribution in [0.15, 0.2) is 48.6 Å². The highest BCUT2D eigenvalue weighted by molar-refractivity contribution is 6.36. The number of hydrogen-bond acceptors (Lipinski definition) is 1. The Hall–Kier alpha value is -1.51. The van der Waals surface area contributed by atoms with Gasteiger partial charge in [-0.15, -0.1) is 0 Å². The van der Waals surface area contributed by atoms with Crippen molar-refractivity contribution in [2.75, 3.05) is 5.32 Å². The van der Waals surface area contributed by atoms with Crippen molar-refractivity contribution in [1.29, 1.82) is 0 Å². The Morgan fingerprint density at radius 3 is 2.64 bits per heavy atom. The Kier molecular flexibility index (Phi) is 3.39. The van der Waals surface area contributed by atoms with E-state index in [1.165, 1.54) is 6.07 Å². The van der Waals surface area contributed by atoms with E-state index in [1.807, 2.05) is 18.2 Å². The van der Waals surface area contributed by atoms with E-state index in [2.05, 4.69) is 17.5 Å². The summed E-state index contributed by atoms with van der Waals surface area (Å²) in [4.78, 5) is 0. The van der Waals surface area contributed by atoms with Gasteiger partial charge in [-0.3, -0.25) is 0 Å². The van der Waals surface area contributed by atoms with E-state index in [1.54, 1.807) is 12.1 Å². The van der Waals surface area contributed by atoms with Crippen LogP contribution in [-0.4, -0.2) is 0 Å². The molecule has 1 nitrogen and oxygen atoms in total. The second-order valence-electron chi connectivity index (χ2n) is 5.81. The zero-order valence-corrected chi connectivity index (χ0v) is 13.2. The van der Waals surface area contributed by atoms with Gasteiger partial charge in [-0.25, -0.2) is 4.39 Å². The van der Waals surface area contributed by atoms with Crippen molar-refractivity contribution < 1.29 is 4.39 Å². The second-order valence-corrected chi connectivity index (χ2v) is 6.63. The van der Waals surface area contributed by atoms with Crippen molar-refractivity contribution >= 4 is 28.9 Å². The molecule has 4 rings (SSSR count). The summed E-state index contributed by atoms with van der Waals surface area (Å²) in [5, 5.41) is 4.77. The second kappa shape index (κ2) is 5.29. The predicted octanol–water partition coefficient (Wildman–Crippen LogP) is 5.96. The van der Waals surface area contributed by atoms with Gasteiger partial charge in [0, 0.05) is 22.1 Å². The molecular weight excluding hydrogens is 320 g/mol. The zero-order valence-electron chi connectivity index (χ0n) is 11.7. The molecule has 3 atom stereocenters. The molecule has 2 aromatic carbocycles. The summed E-state index contributed by atoms with van der Waals surface area (Å²) >= 11 is 12.8. The molecule has 0 spiro atoms. The van der Waals surface area contributed by atoms with Gasteiger partial charge in [-0.05, 0) is 30.5 Å². The third-order valence-corrected chi connectivity index (χ3v) is 5.30. The molecule has 1 aliphatic carbocycles. The van der Waals surface area contributed by atoms with Crippen LogP contribution in [0.5, 0.6) is 0 Å². The lowest BCUT2D eigenvalue weighted by atomic mass is 9.77. The van der Waals surface area contributed by atoms with Gasteiger partial charge >= 0.3 is 0 Å². The summed E-state index contributed by atoms with van der Waals surface area (Å²) in [6, 6.07) is 10.4. The van der Waals surface area contributed by atoms with Crippen molar-refractivity contribution in [2.45, 2.75) is 18.4 Å². The number of benzene rings is 2. The van der Waals surface area contributed by atoms with Crippen LogP contribution in [0.1, 0.15) is 29.5 Å².